The Labute approximate surface area is 440 Å². The predicted octanol–water partition coefficient (Wildman–Crippen LogP) is 11.8. The van der Waals surface area contributed by atoms with E-state index in [2.05, 4.69) is 43.2 Å². The molecule has 1 unspecified atom stereocenters. The second kappa shape index (κ2) is 44.9. The minimum atomic E-state index is -5.57. The molecule has 0 saturated carbocycles. The molecule has 0 aliphatic rings. The van der Waals surface area contributed by atoms with Crippen LogP contribution in [0.4, 0.5) is 0 Å². The monoisotopic (exact) mass is 1090 g/mol. The highest BCUT2D eigenvalue weighted by atomic mass is 32.3. The molecule has 0 heterocycles. The van der Waals surface area contributed by atoms with Crippen molar-refractivity contribution >= 4 is 40.1 Å². The molecule has 0 amide bonds. The van der Waals surface area contributed by atoms with Gasteiger partial charge in [0.25, 0.3) is 30.1 Å². The highest BCUT2D eigenvalue weighted by Crippen LogP contribution is 2.40. The number of nitriles is 4. The SMILES string of the molecule is CCCCCCC(C(S(=O)(=O)NCCCCCCCCCCC#N)(S(=O)(=O)NCCCCCCCCCCC#N)S(=O)(=O)NCCCCCCCCCCC#N)S(=O)(=O)NCCCCCCCCCCC#N. The maximum absolute atomic E-state index is 15.2. The van der Waals surface area contributed by atoms with E-state index < -0.39 is 55.2 Å². The number of nitrogens with one attached hydrogen (secondary N) is 4. The van der Waals surface area contributed by atoms with Gasteiger partial charge in [0.1, 0.15) is 5.25 Å². The van der Waals surface area contributed by atoms with Crippen LogP contribution in [0, 0.1) is 45.3 Å². The van der Waals surface area contributed by atoms with Gasteiger partial charge < -0.3 is 0 Å². The Kier molecular flexibility index (Phi) is 43.4. The molecule has 0 aromatic carbocycles. The first kappa shape index (κ1) is 69.6. The third kappa shape index (κ3) is 30.8. The normalized spacial score (nSPS) is 12.8. The Hall–Kier alpha value is -2.40. The Balaban J connectivity index is 6.95. The van der Waals surface area contributed by atoms with Crippen LogP contribution in [0.3, 0.4) is 0 Å². The van der Waals surface area contributed by atoms with Gasteiger partial charge in [-0.2, -0.15) is 21.0 Å². The van der Waals surface area contributed by atoms with Crippen LogP contribution in [0.2, 0.25) is 0 Å². The van der Waals surface area contributed by atoms with Crippen LogP contribution in [-0.4, -0.2) is 68.5 Å². The molecule has 1 atom stereocenters. The van der Waals surface area contributed by atoms with Gasteiger partial charge in [0.2, 0.25) is 10.0 Å². The van der Waals surface area contributed by atoms with Crippen molar-refractivity contribution in [3.8, 4) is 24.3 Å². The summed E-state index contributed by atoms with van der Waals surface area (Å²) in [5, 5.41) is 32.7. The minimum absolute atomic E-state index is 0.0691. The van der Waals surface area contributed by atoms with Gasteiger partial charge in [-0.15, -0.1) is 0 Å². The van der Waals surface area contributed by atoms with Gasteiger partial charge in [0, 0.05) is 51.9 Å². The van der Waals surface area contributed by atoms with Crippen molar-refractivity contribution in [2.24, 2.45) is 0 Å². The zero-order valence-electron chi connectivity index (χ0n) is 44.6. The van der Waals surface area contributed by atoms with E-state index >= 15 is 25.3 Å². The number of sulfonamides is 4. The summed E-state index contributed by atoms with van der Waals surface area (Å²) in [6.45, 7) is 0.933. The fourth-order valence-electron chi connectivity index (χ4n) is 9.03. The summed E-state index contributed by atoms with van der Waals surface area (Å²) in [6, 6.07) is 8.59. The number of hydrogen-bond acceptors (Lipinski definition) is 12. The highest BCUT2D eigenvalue weighted by Gasteiger charge is 2.72. The molecule has 0 aliphatic heterocycles. The quantitative estimate of drug-likeness (QED) is 0.0414. The van der Waals surface area contributed by atoms with E-state index in [-0.39, 0.29) is 51.9 Å². The first-order chi connectivity index (χ1) is 34.7. The molecular weight excluding hydrogens is 993 g/mol. The van der Waals surface area contributed by atoms with E-state index in [0.717, 1.165) is 161 Å². The van der Waals surface area contributed by atoms with E-state index in [0.29, 0.717) is 70.6 Å². The molecule has 0 radical (unpaired) electrons. The molecule has 20 heteroatoms. The summed E-state index contributed by atoms with van der Waals surface area (Å²) in [4.78, 5) is 0. The fraction of sp³-hybridized carbons (Fsp3) is 0.923. The number of hydrogen-bond donors (Lipinski definition) is 4. The van der Waals surface area contributed by atoms with Crippen LogP contribution in [0.15, 0.2) is 0 Å². The Bertz CT molecular complexity index is 1820. The zero-order valence-corrected chi connectivity index (χ0v) is 47.9. The van der Waals surface area contributed by atoms with Crippen LogP contribution in [0.5, 0.6) is 0 Å². The lowest BCUT2D eigenvalue weighted by Gasteiger charge is -2.38. The van der Waals surface area contributed by atoms with Crippen LogP contribution in [-0.2, 0) is 40.1 Å². The van der Waals surface area contributed by atoms with Crippen molar-refractivity contribution in [1.29, 1.82) is 21.0 Å². The molecule has 0 aromatic rings. The summed E-state index contributed by atoms with van der Waals surface area (Å²) >= 11 is 0. The third-order valence-corrected chi connectivity index (χ3v) is 24.4. The minimum Gasteiger partial charge on any atom is -0.215 e. The van der Waals surface area contributed by atoms with Gasteiger partial charge in [-0.3, -0.25) is 0 Å². The standard InChI is InChI=1S/C52H98N8O8S4/c1-2-3-4-33-42-51(69(61,62)57-47-38-29-21-13-5-9-17-25-34-43-53)52(70(63,64)58-48-39-30-22-14-6-10-18-26-35-44-54,71(65,66)59-49-40-31-23-15-7-11-19-27-36-45-55)72(67,68)60-50-41-32-24-16-8-12-20-28-37-46-56/h51,57-60H,2-42,47-50H2,1H3. The Morgan fingerprint density at radius 3 is 0.792 bits per heavy atom. The topological polar surface area (TPSA) is 280 Å². The maximum Gasteiger partial charge on any atom is 0.330 e. The molecule has 0 rings (SSSR count). The summed E-state index contributed by atoms with van der Waals surface area (Å²) in [6.07, 6.45) is 28.4. The van der Waals surface area contributed by atoms with Crippen molar-refractivity contribution < 1.29 is 33.7 Å². The van der Waals surface area contributed by atoms with E-state index in [1.165, 1.54) is 0 Å². The average molecular weight is 1090 g/mol. The lowest BCUT2D eigenvalue weighted by Crippen LogP contribution is -2.71. The number of unbranched alkanes of at least 4 members (excludes halogenated alkanes) is 35. The first-order valence-electron chi connectivity index (χ1n) is 28.1. The van der Waals surface area contributed by atoms with Gasteiger partial charge in [-0.05, 0) is 57.8 Å². The summed E-state index contributed by atoms with van der Waals surface area (Å²) < 4.78 is 127. The second-order valence-corrected chi connectivity index (χ2v) is 28.1. The largest absolute Gasteiger partial charge is 0.330 e. The zero-order chi connectivity index (χ0) is 53.6. The third-order valence-electron chi connectivity index (χ3n) is 13.3. The first-order valence-corrected chi connectivity index (χ1v) is 34.1. The van der Waals surface area contributed by atoms with Gasteiger partial charge in [-0.25, -0.2) is 52.6 Å². The van der Waals surface area contributed by atoms with Crippen molar-refractivity contribution in [2.45, 2.75) is 279 Å². The Morgan fingerprint density at radius 2 is 0.542 bits per heavy atom. The maximum atomic E-state index is 15.2. The van der Waals surface area contributed by atoms with Crippen molar-refractivity contribution in [3.63, 3.8) is 0 Å². The lowest BCUT2D eigenvalue weighted by atomic mass is 10.1. The van der Waals surface area contributed by atoms with Crippen molar-refractivity contribution in [1.82, 2.24) is 18.9 Å². The molecule has 0 aromatic heterocycles. The van der Waals surface area contributed by atoms with Gasteiger partial charge in [0.15, 0.2) is 0 Å². The lowest BCUT2D eigenvalue weighted by molar-refractivity contribution is 0.488. The Morgan fingerprint density at radius 1 is 0.319 bits per heavy atom. The van der Waals surface area contributed by atoms with Crippen LogP contribution in [0.25, 0.3) is 0 Å². The molecule has 0 spiro atoms. The summed E-state index contributed by atoms with van der Waals surface area (Å²) in [7, 11) is -21.7. The molecule has 0 fully saturated rings. The van der Waals surface area contributed by atoms with E-state index in [1.807, 2.05) is 6.92 Å². The molecule has 418 valence electrons. The van der Waals surface area contributed by atoms with Crippen LogP contribution in [0.1, 0.15) is 270 Å². The molecule has 0 bridgehead atoms. The molecule has 0 saturated heterocycles. The van der Waals surface area contributed by atoms with Gasteiger partial charge in [0.05, 0.1) is 24.3 Å². The number of nitrogens with zero attached hydrogens (tertiary/aromatic N) is 4. The van der Waals surface area contributed by atoms with Crippen molar-refractivity contribution in [2.75, 3.05) is 26.2 Å². The van der Waals surface area contributed by atoms with Crippen LogP contribution < -0.4 is 18.9 Å². The summed E-state index contributed by atoms with van der Waals surface area (Å²) in [5.41, 5.74) is 0. The van der Waals surface area contributed by atoms with Crippen molar-refractivity contribution in [3.05, 3.63) is 0 Å². The summed E-state index contributed by atoms with van der Waals surface area (Å²) in [5.74, 6) is 0. The van der Waals surface area contributed by atoms with Gasteiger partial charge >= 0.3 is 3.41 Å². The molecule has 0 aliphatic carbocycles. The highest BCUT2D eigenvalue weighted by molar-refractivity contribution is 8.25. The smallest absolute Gasteiger partial charge is 0.215 e. The predicted molar refractivity (Wildman–Crippen MR) is 292 cm³/mol. The van der Waals surface area contributed by atoms with Crippen LogP contribution >= 0.6 is 0 Å². The molecular formula is C52H98N8O8S4. The molecule has 16 nitrogen and oxygen atoms in total. The second-order valence-electron chi connectivity index (χ2n) is 19.5. The van der Waals surface area contributed by atoms with E-state index in [4.69, 9.17) is 21.0 Å². The fourth-order valence-corrected chi connectivity index (χ4v) is 20.6. The van der Waals surface area contributed by atoms with E-state index in [1.54, 1.807) is 0 Å². The molecule has 72 heavy (non-hydrogen) atoms. The van der Waals surface area contributed by atoms with E-state index in [9.17, 15) is 8.42 Å². The average Bonchev–Trinajstić information content (AvgIpc) is 3.34. The molecule has 4 N–H and O–H groups in total. The number of rotatable bonds is 54. The van der Waals surface area contributed by atoms with Gasteiger partial charge in [-0.1, -0.05) is 187 Å².